The summed E-state index contributed by atoms with van der Waals surface area (Å²) in [6.45, 7) is 2.00. The number of nitrogens with zero attached hydrogens (tertiary/aromatic N) is 1. The topological polar surface area (TPSA) is 39.2 Å². The fraction of sp³-hybridized carbons (Fsp3) is 0.125. The molecule has 1 heterocycles. The van der Waals surface area contributed by atoms with E-state index in [0.717, 1.165) is 30.9 Å². The van der Waals surface area contributed by atoms with Gasteiger partial charge in [0, 0.05) is 14.3 Å². The first-order valence-electron chi connectivity index (χ1n) is 6.18. The van der Waals surface area contributed by atoms with E-state index in [4.69, 9.17) is 4.74 Å². The molecule has 0 fully saturated rings. The fourth-order valence-electron chi connectivity index (χ4n) is 2.35. The van der Waals surface area contributed by atoms with Crippen LogP contribution in [0.5, 0.6) is 0 Å². The Balaban J connectivity index is 2.54. The summed E-state index contributed by atoms with van der Waals surface area (Å²) >= 11 is 2.23. The molecule has 0 aliphatic carbocycles. The first-order chi connectivity index (χ1) is 9.60. The van der Waals surface area contributed by atoms with E-state index in [1.165, 1.54) is 7.11 Å². The van der Waals surface area contributed by atoms with Crippen molar-refractivity contribution in [3.05, 3.63) is 51.1 Å². The molecule has 0 spiro atoms. The lowest BCUT2D eigenvalue weighted by atomic mass is 10.0. The lowest BCUT2D eigenvalue weighted by Gasteiger charge is -2.10. The first-order valence-corrected chi connectivity index (χ1v) is 7.26. The van der Waals surface area contributed by atoms with E-state index in [0.29, 0.717) is 5.56 Å². The van der Waals surface area contributed by atoms with Crippen molar-refractivity contribution in [3.63, 3.8) is 0 Å². The number of halogens is 1. The van der Waals surface area contributed by atoms with Gasteiger partial charge in [-0.15, -0.1) is 0 Å². The van der Waals surface area contributed by atoms with Crippen LogP contribution in [0, 0.1) is 10.5 Å². The average Bonchev–Trinajstić information content (AvgIpc) is 2.44. The number of aryl methyl sites for hydroxylation is 1. The summed E-state index contributed by atoms with van der Waals surface area (Å²) in [7, 11) is 1.41. The molecule has 4 heteroatoms. The first kappa shape index (κ1) is 13.3. The van der Waals surface area contributed by atoms with Crippen molar-refractivity contribution in [1.82, 2.24) is 4.98 Å². The van der Waals surface area contributed by atoms with E-state index in [2.05, 4.69) is 27.6 Å². The minimum absolute atomic E-state index is 0.324. The van der Waals surface area contributed by atoms with Crippen molar-refractivity contribution < 1.29 is 9.53 Å². The van der Waals surface area contributed by atoms with Crippen LogP contribution in [0.15, 0.2) is 36.4 Å². The summed E-state index contributed by atoms with van der Waals surface area (Å²) in [6.07, 6.45) is 0. The number of aromatic nitrogens is 1. The SMILES string of the molecule is COC(=O)c1c2cc(C)ccc2nc2ccc(I)cc12. The molecule has 100 valence electrons. The molecule has 0 atom stereocenters. The van der Waals surface area contributed by atoms with Crippen molar-refractivity contribution in [1.29, 1.82) is 0 Å². The molecule has 0 N–H and O–H groups in total. The van der Waals surface area contributed by atoms with E-state index in [1.54, 1.807) is 0 Å². The molecule has 0 saturated heterocycles. The van der Waals surface area contributed by atoms with Gasteiger partial charge in [-0.3, -0.25) is 0 Å². The second-order valence-electron chi connectivity index (χ2n) is 4.66. The van der Waals surface area contributed by atoms with E-state index in [1.807, 2.05) is 43.3 Å². The molecule has 0 unspecified atom stereocenters. The second kappa shape index (κ2) is 5.01. The van der Waals surface area contributed by atoms with Gasteiger partial charge in [0.1, 0.15) is 0 Å². The van der Waals surface area contributed by atoms with Gasteiger partial charge in [0.25, 0.3) is 0 Å². The number of pyridine rings is 1. The van der Waals surface area contributed by atoms with E-state index >= 15 is 0 Å². The molecule has 0 aliphatic heterocycles. The van der Waals surface area contributed by atoms with Crippen LogP contribution in [0.3, 0.4) is 0 Å². The number of benzene rings is 2. The number of esters is 1. The average molecular weight is 377 g/mol. The summed E-state index contributed by atoms with van der Waals surface area (Å²) in [5, 5.41) is 1.67. The maximum Gasteiger partial charge on any atom is 0.339 e. The molecule has 3 aromatic rings. The summed E-state index contributed by atoms with van der Waals surface area (Å²) in [5.41, 5.74) is 3.30. The Morgan fingerprint density at radius 2 is 1.75 bits per heavy atom. The molecule has 0 radical (unpaired) electrons. The third-order valence-corrected chi connectivity index (χ3v) is 3.95. The molecule has 0 bridgehead atoms. The molecule has 3 nitrogen and oxygen atoms in total. The fourth-order valence-corrected chi connectivity index (χ4v) is 2.84. The normalized spacial score (nSPS) is 10.9. The van der Waals surface area contributed by atoms with E-state index in [-0.39, 0.29) is 5.97 Å². The lowest BCUT2D eigenvalue weighted by Crippen LogP contribution is -2.04. The predicted octanol–water partition coefficient (Wildman–Crippen LogP) is 4.09. The Hall–Kier alpha value is -1.69. The van der Waals surface area contributed by atoms with Gasteiger partial charge in [0.15, 0.2) is 0 Å². The Bertz CT molecular complexity index is 783. The molecule has 3 rings (SSSR count). The van der Waals surface area contributed by atoms with Crippen LogP contribution in [-0.4, -0.2) is 18.1 Å². The Morgan fingerprint density at radius 3 is 2.45 bits per heavy atom. The number of carbonyl (C=O) groups excluding carboxylic acids is 1. The van der Waals surface area contributed by atoms with Crippen molar-refractivity contribution in [2.75, 3.05) is 7.11 Å². The predicted molar refractivity (Wildman–Crippen MR) is 88.0 cm³/mol. The largest absolute Gasteiger partial charge is 0.465 e. The minimum Gasteiger partial charge on any atom is -0.465 e. The van der Waals surface area contributed by atoms with Crippen molar-refractivity contribution in [2.45, 2.75) is 6.92 Å². The van der Waals surface area contributed by atoms with Gasteiger partial charge in [-0.05, 0) is 59.8 Å². The van der Waals surface area contributed by atoms with Crippen LogP contribution in [0.25, 0.3) is 21.8 Å². The quantitative estimate of drug-likeness (QED) is 0.364. The zero-order valence-corrected chi connectivity index (χ0v) is 13.3. The lowest BCUT2D eigenvalue weighted by molar-refractivity contribution is 0.0605. The van der Waals surface area contributed by atoms with Gasteiger partial charge in [-0.25, -0.2) is 9.78 Å². The molecular formula is C16H12INO2. The number of hydrogen-bond acceptors (Lipinski definition) is 3. The Kier molecular flexibility index (Phi) is 3.33. The number of hydrogen-bond donors (Lipinski definition) is 0. The number of carbonyl (C=O) groups is 1. The van der Waals surface area contributed by atoms with Crippen LogP contribution in [-0.2, 0) is 4.74 Å². The highest BCUT2D eigenvalue weighted by atomic mass is 127. The van der Waals surface area contributed by atoms with Gasteiger partial charge in [-0.1, -0.05) is 11.6 Å². The molecular weight excluding hydrogens is 365 g/mol. The number of methoxy groups -OCH3 is 1. The summed E-state index contributed by atoms with van der Waals surface area (Å²) in [5.74, 6) is -0.324. The van der Waals surface area contributed by atoms with Crippen molar-refractivity contribution in [2.24, 2.45) is 0 Å². The Labute approximate surface area is 130 Å². The minimum atomic E-state index is -0.324. The highest BCUT2D eigenvalue weighted by molar-refractivity contribution is 14.1. The van der Waals surface area contributed by atoms with Crippen LogP contribution in [0.1, 0.15) is 15.9 Å². The zero-order chi connectivity index (χ0) is 14.3. The molecule has 20 heavy (non-hydrogen) atoms. The monoisotopic (exact) mass is 377 g/mol. The van der Waals surface area contributed by atoms with Crippen LogP contribution in [0.2, 0.25) is 0 Å². The molecule has 0 aliphatic rings. The van der Waals surface area contributed by atoms with E-state index in [9.17, 15) is 4.79 Å². The standard InChI is InChI=1S/C16H12INO2/c1-9-3-5-13-11(7-9)15(16(19)20-2)12-8-10(17)4-6-14(12)18-13/h3-8H,1-2H3. The molecule has 0 amide bonds. The Morgan fingerprint density at radius 1 is 1.10 bits per heavy atom. The van der Waals surface area contributed by atoms with Gasteiger partial charge in [-0.2, -0.15) is 0 Å². The van der Waals surface area contributed by atoms with Gasteiger partial charge >= 0.3 is 5.97 Å². The number of rotatable bonds is 1. The summed E-state index contributed by atoms with van der Waals surface area (Å²) < 4.78 is 6.03. The molecule has 1 aromatic heterocycles. The maximum atomic E-state index is 12.2. The van der Waals surface area contributed by atoms with Crippen molar-refractivity contribution in [3.8, 4) is 0 Å². The highest BCUT2D eigenvalue weighted by Crippen LogP contribution is 2.28. The van der Waals surface area contributed by atoms with Gasteiger partial charge in [0.2, 0.25) is 0 Å². The van der Waals surface area contributed by atoms with E-state index < -0.39 is 0 Å². The zero-order valence-electron chi connectivity index (χ0n) is 11.1. The second-order valence-corrected chi connectivity index (χ2v) is 5.91. The number of fused-ring (bicyclic) bond motifs is 2. The van der Waals surface area contributed by atoms with Crippen molar-refractivity contribution >= 4 is 50.4 Å². The van der Waals surface area contributed by atoms with Crippen LogP contribution < -0.4 is 0 Å². The van der Waals surface area contributed by atoms with Gasteiger partial charge < -0.3 is 4.74 Å². The molecule has 0 saturated carbocycles. The number of ether oxygens (including phenoxy) is 1. The highest BCUT2D eigenvalue weighted by Gasteiger charge is 2.16. The smallest absolute Gasteiger partial charge is 0.339 e. The summed E-state index contributed by atoms with van der Waals surface area (Å²) in [4.78, 5) is 16.8. The summed E-state index contributed by atoms with van der Waals surface area (Å²) in [6, 6.07) is 11.8. The molecule has 2 aromatic carbocycles. The van der Waals surface area contributed by atoms with Crippen LogP contribution in [0.4, 0.5) is 0 Å². The third kappa shape index (κ3) is 2.14. The maximum absolute atomic E-state index is 12.2. The van der Waals surface area contributed by atoms with Gasteiger partial charge in [0.05, 0.1) is 23.7 Å². The third-order valence-electron chi connectivity index (χ3n) is 3.28. The van der Waals surface area contributed by atoms with Crippen LogP contribution >= 0.6 is 22.6 Å².